The van der Waals surface area contributed by atoms with Gasteiger partial charge >= 0.3 is 0 Å². The zero-order valence-corrected chi connectivity index (χ0v) is 11.3. The third-order valence-corrected chi connectivity index (χ3v) is 3.07. The highest BCUT2D eigenvalue weighted by atomic mass is 32.1. The first-order chi connectivity index (χ1) is 8.75. The maximum atomic E-state index is 11.8. The van der Waals surface area contributed by atoms with E-state index in [4.69, 9.17) is 0 Å². The summed E-state index contributed by atoms with van der Waals surface area (Å²) in [4.78, 5) is 22.6. The summed E-state index contributed by atoms with van der Waals surface area (Å²) in [6, 6.07) is 7.25. The van der Waals surface area contributed by atoms with Crippen molar-refractivity contribution in [3.8, 4) is 0 Å². The molecule has 0 fully saturated rings. The molecule has 0 spiro atoms. The van der Waals surface area contributed by atoms with Crippen LogP contribution in [-0.4, -0.2) is 18.7 Å². The van der Waals surface area contributed by atoms with E-state index in [1.165, 1.54) is 0 Å². The summed E-state index contributed by atoms with van der Waals surface area (Å²) in [7, 11) is 0. The highest BCUT2D eigenvalue weighted by Crippen LogP contribution is 2.12. The predicted molar refractivity (Wildman–Crippen MR) is 75.2 cm³/mol. The Kier molecular flexibility index (Phi) is 7.18. The summed E-state index contributed by atoms with van der Waals surface area (Å²) in [5, 5.41) is 2.87. The van der Waals surface area contributed by atoms with Crippen molar-refractivity contribution in [2.75, 3.05) is 6.54 Å². The molecule has 1 aromatic rings. The fourth-order valence-electron chi connectivity index (χ4n) is 1.67. The van der Waals surface area contributed by atoms with Crippen LogP contribution in [0.1, 0.15) is 42.5 Å². The fraction of sp³-hybridized carbons (Fsp3) is 0.429. The lowest BCUT2D eigenvalue weighted by atomic mass is 10.1. The van der Waals surface area contributed by atoms with Crippen molar-refractivity contribution in [1.82, 2.24) is 5.32 Å². The number of carbonyl (C=O) groups excluding carboxylic acids is 2. The number of benzene rings is 1. The minimum absolute atomic E-state index is 0.0755. The molecular formula is C14H19NO2S. The quantitative estimate of drug-likeness (QED) is 0.431. The molecule has 0 heterocycles. The number of hydrogen-bond donors (Lipinski definition) is 2. The molecule has 0 saturated heterocycles. The minimum atomic E-state index is -0.0755. The van der Waals surface area contributed by atoms with Gasteiger partial charge < -0.3 is 10.1 Å². The molecule has 1 amide bonds. The molecule has 1 rings (SSSR count). The molecule has 0 atom stereocenters. The largest absolute Gasteiger partial charge is 0.352 e. The van der Waals surface area contributed by atoms with Crippen molar-refractivity contribution in [2.45, 2.75) is 37.0 Å². The molecule has 0 saturated carbocycles. The number of nitrogens with one attached hydrogen (secondary N) is 1. The smallest absolute Gasteiger partial charge is 0.252 e. The third-order valence-electron chi connectivity index (χ3n) is 2.68. The maximum absolute atomic E-state index is 11.8. The van der Waals surface area contributed by atoms with Gasteiger partial charge in [-0.1, -0.05) is 25.0 Å². The lowest BCUT2D eigenvalue weighted by molar-refractivity contribution is -0.107. The molecule has 4 heteroatoms. The SMILES string of the molecule is O=CCCCCCCNC(=O)c1ccccc1S. The zero-order valence-electron chi connectivity index (χ0n) is 10.4. The first-order valence-electron chi connectivity index (χ1n) is 6.25. The molecule has 18 heavy (non-hydrogen) atoms. The van der Waals surface area contributed by atoms with Crippen LogP contribution >= 0.6 is 12.6 Å². The Bertz CT molecular complexity index is 393. The highest BCUT2D eigenvalue weighted by molar-refractivity contribution is 7.80. The second-order valence-corrected chi connectivity index (χ2v) is 4.62. The number of unbranched alkanes of at least 4 members (excludes halogenated alkanes) is 4. The number of rotatable bonds is 8. The highest BCUT2D eigenvalue weighted by Gasteiger charge is 2.07. The molecule has 0 bridgehead atoms. The van der Waals surface area contributed by atoms with Crippen LogP contribution in [-0.2, 0) is 4.79 Å². The van der Waals surface area contributed by atoms with Crippen LogP contribution in [0.5, 0.6) is 0 Å². The number of hydrogen-bond acceptors (Lipinski definition) is 3. The van der Waals surface area contributed by atoms with Gasteiger partial charge in [0.05, 0.1) is 5.56 Å². The van der Waals surface area contributed by atoms with Crippen molar-refractivity contribution >= 4 is 24.8 Å². The van der Waals surface area contributed by atoms with E-state index in [2.05, 4.69) is 17.9 Å². The van der Waals surface area contributed by atoms with Gasteiger partial charge in [0, 0.05) is 17.9 Å². The Morgan fingerprint density at radius 2 is 1.89 bits per heavy atom. The van der Waals surface area contributed by atoms with E-state index < -0.39 is 0 Å². The summed E-state index contributed by atoms with van der Waals surface area (Å²) in [5.41, 5.74) is 0.613. The Morgan fingerprint density at radius 1 is 1.17 bits per heavy atom. The molecule has 0 aliphatic rings. The van der Waals surface area contributed by atoms with E-state index in [-0.39, 0.29) is 5.91 Å². The van der Waals surface area contributed by atoms with Crippen molar-refractivity contribution < 1.29 is 9.59 Å². The molecule has 0 unspecified atom stereocenters. The van der Waals surface area contributed by atoms with Gasteiger partial charge in [0.2, 0.25) is 0 Å². The Morgan fingerprint density at radius 3 is 2.61 bits per heavy atom. The third kappa shape index (κ3) is 5.36. The van der Waals surface area contributed by atoms with Gasteiger partial charge in [-0.25, -0.2) is 0 Å². The zero-order chi connectivity index (χ0) is 13.2. The average molecular weight is 265 g/mol. The molecule has 98 valence electrons. The van der Waals surface area contributed by atoms with E-state index in [0.29, 0.717) is 23.4 Å². The van der Waals surface area contributed by atoms with E-state index in [0.717, 1.165) is 32.0 Å². The first-order valence-corrected chi connectivity index (χ1v) is 6.70. The van der Waals surface area contributed by atoms with E-state index in [1.807, 2.05) is 12.1 Å². The molecule has 3 nitrogen and oxygen atoms in total. The summed E-state index contributed by atoms with van der Waals surface area (Å²) in [5.74, 6) is -0.0755. The van der Waals surface area contributed by atoms with Crippen LogP contribution in [0.4, 0.5) is 0 Å². The maximum Gasteiger partial charge on any atom is 0.252 e. The van der Waals surface area contributed by atoms with E-state index >= 15 is 0 Å². The lowest BCUT2D eigenvalue weighted by Crippen LogP contribution is -2.24. The van der Waals surface area contributed by atoms with E-state index in [9.17, 15) is 9.59 Å². The van der Waals surface area contributed by atoms with Crippen molar-refractivity contribution in [2.24, 2.45) is 0 Å². The van der Waals surface area contributed by atoms with Crippen LogP contribution < -0.4 is 5.32 Å². The molecule has 0 aliphatic heterocycles. The van der Waals surface area contributed by atoms with Crippen LogP contribution in [0.2, 0.25) is 0 Å². The van der Waals surface area contributed by atoms with Gasteiger partial charge in [-0.3, -0.25) is 4.79 Å². The Balaban J connectivity index is 2.18. The van der Waals surface area contributed by atoms with Crippen LogP contribution in [0.3, 0.4) is 0 Å². The Labute approximate surface area is 113 Å². The van der Waals surface area contributed by atoms with Gasteiger partial charge in [-0.2, -0.15) is 0 Å². The topological polar surface area (TPSA) is 46.2 Å². The van der Waals surface area contributed by atoms with Crippen LogP contribution in [0.15, 0.2) is 29.2 Å². The minimum Gasteiger partial charge on any atom is -0.352 e. The van der Waals surface area contributed by atoms with Crippen LogP contribution in [0, 0.1) is 0 Å². The summed E-state index contributed by atoms with van der Waals surface area (Å²) >= 11 is 4.25. The van der Waals surface area contributed by atoms with E-state index in [1.54, 1.807) is 12.1 Å². The number of amides is 1. The number of thiol groups is 1. The molecule has 1 N–H and O–H groups in total. The fourth-order valence-corrected chi connectivity index (χ4v) is 1.93. The van der Waals surface area contributed by atoms with Crippen molar-refractivity contribution in [3.05, 3.63) is 29.8 Å². The van der Waals surface area contributed by atoms with Crippen molar-refractivity contribution in [3.63, 3.8) is 0 Å². The molecule has 0 radical (unpaired) electrons. The van der Waals surface area contributed by atoms with Crippen LogP contribution in [0.25, 0.3) is 0 Å². The Hall–Kier alpha value is -1.29. The molecule has 0 aliphatic carbocycles. The normalized spacial score (nSPS) is 10.1. The van der Waals surface area contributed by atoms with Gasteiger partial charge in [0.25, 0.3) is 5.91 Å². The lowest BCUT2D eigenvalue weighted by Gasteiger charge is -2.06. The average Bonchev–Trinajstić information content (AvgIpc) is 2.38. The summed E-state index contributed by atoms with van der Waals surface area (Å²) < 4.78 is 0. The van der Waals surface area contributed by atoms with Crippen molar-refractivity contribution in [1.29, 1.82) is 0 Å². The molecular weight excluding hydrogens is 246 g/mol. The standard InChI is InChI=1S/C14H19NO2S/c16-11-7-3-1-2-6-10-15-14(17)12-8-4-5-9-13(12)18/h4-5,8-9,11,18H,1-3,6-7,10H2,(H,15,17). The predicted octanol–water partition coefficient (Wildman–Crippen LogP) is 2.85. The second kappa shape index (κ2) is 8.75. The number of carbonyl (C=O) groups is 2. The first kappa shape index (κ1) is 14.8. The second-order valence-electron chi connectivity index (χ2n) is 4.14. The van der Waals surface area contributed by atoms with Gasteiger partial charge in [0.1, 0.15) is 6.29 Å². The van der Waals surface area contributed by atoms with Gasteiger partial charge in [-0.15, -0.1) is 12.6 Å². The summed E-state index contributed by atoms with van der Waals surface area (Å²) in [6.07, 6.45) is 5.55. The molecule has 1 aromatic carbocycles. The molecule has 0 aromatic heterocycles. The summed E-state index contributed by atoms with van der Waals surface area (Å²) in [6.45, 7) is 0.669. The number of aldehydes is 1. The van der Waals surface area contributed by atoms with Gasteiger partial charge in [-0.05, 0) is 25.0 Å². The van der Waals surface area contributed by atoms with Gasteiger partial charge in [0.15, 0.2) is 0 Å². The monoisotopic (exact) mass is 265 g/mol.